The molecule has 1 aliphatic heterocycles. The third-order valence-electron chi connectivity index (χ3n) is 13.9. The van der Waals surface area contributed by atoms with Crippen LogP contribution in [0.4, 0.5) is 9.59 Å². The Morgan fingerprint density at radius 3 is 2.00 bits per heavy atom. The van der Waals surface area contributed by atoms with Gasteiger partial charge in [-0.15, -0.1) is 0 Å². The molecule has 2 fully saturated rings. The Morgan fingerprint density at radius 2 is 1.42 bits per heavy atom. The quantitative estimate of drug-likeness (QED) is 0.0875. The zero-order chi connectivity index (χ0) is 48.9. The Bertz CT molecular complexity index is 3060. The summed E-state index contributed by atoms with van der Waals surface area (Å²) in [5.74, 6) is 1.52. The molecule has 4 N–H and O–H groups in total. The van der Waals surface area contributed by atoms with Crippen molar-refractivity contribution in [3.8, 4) is 11.1 Å². The minimum Gasteiger partial charge on any atom is -0.453 e. The summed E-state index contributed by atoms with van der Waals surface area (Å²) in [7, 11) is 2.96. The molecule has 3 heterocycles. The van der Waals surface area contributed by atoms with E-state index in [0.29, 0.717) is 48.6 Å². The number of nitrogens with zero attached hydrogens (tertiary/aromatic N) is 4. The lowest BCUT2D eigenvalue weighted by atomic mass is 9.98. The maximum Gasteiger partial charge on any atom is 0.408 e. The average molecular weight is 935 g/mol. The summed E-state index contributed by atoms with van der Waals surface area (Å²) >= 11 is 0. The van der Waals surface area contributed by atoms with E-state index in [-0.39, 0.29) is 42.3 Å². The number of hydrogen-bond acceptors (Lipinski definition) is 9. The second kappa shape index (κ2) is 18.8. The van der Waals surface area contributed by atoms with E-state index < -0.39 is 29.9 Å². The zero-order valence-corrected chi connectivity index (χ0v) is 40.8. The van der Waals surface area contributed by atoms with E-state index >= 15 is 0 Å². The molecule has 9 rings (SSSR count). The number of carbonyl (C=O) groups excluding carboxylic acids is 4. The molecule has 1 saturated heterocycles. The molecule has 0 radical (unpaired) electrons. The number of rotatable bonds is 13. The fourth-order valence-electron chi connectivity index (χ4n) is 10.2. The number of benzene rings is 5. The van der Waals surface area contributed by atoms with Gasteiger partial charge < -0.3 is 44.6 Å². The molecular weight excluding hydrogens is 873 g/mol. The fraction of sp³-hybridized carbons (Fsp3) is 0.407. The van der Waals surface area contributed by atoms with Gasteiger partial charge in [-0.05, 0) is 96.7 Å². The summed E-state index contributed by atoms with van der Waals surface area (Å²) in [4.78, 5) is 74.9. The van der Waals surface area contributed by atoms with Crippen molar-refractivity contribution in [3.05, 3.63) is 108 Å². The number of aromatic nitrogens is 4. The van der Waals surface area contributed by atoms with Crippen molar-refractivity contribution in [1.29, 1.82) is 0 Å². The number of nitrogens with one attached hydrogen (secondary N) is 4. The summed E-state index contributed by atoms with van der Waals surface area (Å²) in [6.07, 6.45) is -0.668. The molecule has 1 saturated carbocycles. The fourth-order valence-corrected chi connectivity index (χ4v) is 10.2. The smallest absolute Gasteiger partial charge is 0.408 e. The highest BCUT2D eigenvalue weighted by Crippen LogP contribution is 2.44. The molecule has 1 aliphatic carbocycles. The van der Waals surface area contributed by atoms with Crippen LogP contribution in [0.3, 0.4) is 0 Å². The molecule has 7 atom stereocenters. The lowest BCUT2D eigenvalue weighted by Gasteiger charge is -2.29. The van der Waals surface area contributed by atoms with Crippen LogP contribution in [0.15, 0.2) is 91.0 Å². The van der Waals surface area contributed by atoms with Crippen molar-refractivity contribution in [3.63, 3.8) is 0 Å². The van der Waals surface area contributed by atoms with E-state index in [1.54, 1.807) is 27.9 Å². The summed E-state index contributed by atoms with van der Waals surface area (Å²) in [5.41, 5.74) is 5.39. The van der Waals surface area contributed by atoms with E-state index in [4.69, 9.17) is 24.2 Å². The third kappa shape index (κ3) is 9.56. The number of alkyl carbamates (subject to hydrolysis) is 2. The van der Waals surface area contributed by atoms with Crippen LogP contribution in [0.2, 0.25) is 0 Å². The first-order valence-electron chi connectivity index (χ1n) is 23.8. The topological polar surface area (TPSA) is 184 Å². The second-order valence-electron chi connectivity index (χ2n) is 20.2. The molecule has 15 nitrogen and oxygen atoms in total. The minimum absolute atomic E-state index is 0.0378. The van der Waals surface area contributed by atoms with Crippen LogP contribution in [-0.2, 0) is 30.3 Å². The van der Waals surface area contributed by atoms with Gasteiger partial charge in [0.05, 0.1) is 48.4 Å². The monoisotopic (exact) mass is 934 g/mol. The van der Waals surface area contributed by atoms with Gasteiger partial charge in [-0.3, -0.25) is 9.59 Å². The van der Waals surface area contributed by atoms with Crippen molar-refractivity contribution in [1.82, 2.24) is 40.4 Å². The van der Waals surface area contributed by atoms with E-state index in [1.807, 2.05) is 66.1 Å². The standard InChI is InChI=1S/C54H62N8O7/c1-29(2)44(59-52(65)68-9)50(63)62(48-30(3)31(48)4)27-43-55-40-21-17-36-24-34(15-19-38(36)46(40)57-43)35-16-20-39-37(25-35)18-22-41-47(39)58-49(56-41)42-23-32(28-67-8)26-61(42)51(64)45(33-13-11-10-12-14-33)60-53(66)69-54(5,6)7/h10-22,24-25,29-32,42,44-45,48H,23,26-28H2,1-9H3,(H,55,57)(H,56,58)(H,59,65)(H,60,66)/t30-,31?,32-,42-,44-,45+,48-/m0/s1. The first-order chi connectivity index (χ1) is 33.0. The van der Waals surface area contributed by atoms with Crippen LogP contribution < -0.4 is 10.6 Å². The molecule has 0 spiro atoms. The molecule has 4 amide bonds. The number of H-pyrrole nitrogens is 2. The number of fused-ring (bicyclic) bond motifs is 6. The highest BCUT2D eigenvalue weighted by molar-refractivity contribution is 6.07. The van der Waals surface area contributed by atoms with Crippen LogP contribution in [0.5, 0.6) is 0 Å². The molecule has 2 aliphatic rings. The Hall–Kier alpha value is -7.00. The maximum absolute atomic E-state index is 14.6. The summed E-state index contributed by atoms with van der Waals surface area (Å²) in [6.45, 7) is 14.7. The number of carbonyl (C=O) groups is 4. The van der Waals surface area contributed by atoms with Gasteiger partial charge in [0.15, 0.2) is 0 Å². The highest BCUT2D eigenvalue weighted by atomic mass is 16.6. The van der Waals surface area contributed by atoms with Crippen LogP contribution in [0.1, 0.15) is 84.2 Å². The highest BCUT2D eigenvalue weighted by Gasteiger charge is 2.50. The molecular formula is C54H62N8O7. The van der Waals surface area contributed by atoms with Gasteiger partial charge in [0.1, 0.15) is 29.3 Å². The van der Waals surface area contributed by atoms with Gasteiger partial charge in [-0.2, -0.15) is 0 Å². The van der Waals surface area contributed by atoms with Gasteiger partial charge in [0.2, 0.25) is 5.91 Å². The number of imidazole rings is 2. The largest absolute Gasteiger partial charge is 0.453 e. The summed E-state index contributed by atoms with van der Waals surface area (Å²) < 4.78 is 16.0. The number of aromatic amines is 2. The molecule has 0 bridgehead atoms. The first-order valence-corrected chi connectivity index (χ1v) is 23.8. The predicted molar refractivity (Wildman–Crippen MR) is 266 cm³/mol. The Morgan fingerprint density at radius 1 is 0.797 bits per heavy atom. The third-order valence-corrected chi connectivity index (χ3v) is 13.9. The molecule has 69 heavy (non-hydrogen) atoms. The average Bonchev–Trinajstić information content (AvgIpc) is 3.80. The number of likely N-dealkylation sites (tertiary alicyclic amines) is 1. The number of ether oxygens (including phenoxy) is 3. The first kappa shape index (κ1) is 47.1. The van der Waals surface area contributed by atoms with Gasteiger partial charge in [-0.1, -0.05) is 94.4 Å². The molecule has 1 unspecified atom stereocenters. The van der Waals surface area contributed by atoms with Crippen molar-refractivity contribution in [2.75, 3.05) is 27.4 Å². The summed E-state index contributed by atoms with van der Waals surface area (Å²) in [5, 5.41) is 9.71. The number of methoxy groups -OCH3 is 2. The SMILES string of the molecule is COC[C@H]1C[C@@H](c2nc3ccc4cc(-c5ccc6c(ccc7nc(CN(C(=O)[C@@H](NC(=O)OC)C(C)C)[C@@H]8C(C)[C@@H]8C)[nH]c76)c5)ccc4c3[nH]2)N(C(=O)[C@H](NC(=O)OC(C)(C)C)c2ccccc2)C1. The van der Waals surface area contributed by atoms with E-state index in [9.17, 15) is 19.2 Å². The van der Waals surface area contributed by atoms with Gasteiger partial charge in [0, 0.05) is 36.4 Å². The molecule has 5 aromatic carbocycles. The van der Waals surface area contributed by atoms with Crippen LogP contribution in [-0.4, -0.2) is 98.8 Å². The lowest BCUT2D eigenvalue weighted by Crippen LogP contribution is -2.52. The minimum atomic E-state index is -0.971. The molecule has 7 aromatic rings. The van der Waals surface area contributed by atoms with Crippen molar-refractivity contribution >= 4 is 67.6 Å². The molecule has 360 valence electrons. The van der Waals surface area contributed by atoms with Crippen LogP contribution in [0, 0.1) is 23.7 Å². The van der Waals surface area contributed by atoms with Crippen molar-refractivity contribution < 1.29 is 33.4 Å². The van der Waals surface area contributed by atoms with E-state index in [0.717, 1.165) is 54.7 Å². The summed E-state index contributed by atoms with van der Waals surface area (Å²) in [6, 6.07) is 28.2. The van der Waals surface area contributed by atoms with Gasteiger partial charge in [-0.25, -0.2) is 19.6 Å². The number of amides is 4. The normalized spacial score (nSPS) is 20.1. The zero-order valence-electron chi connectivity index (χ0n) is 40.8. The van der Waals surface area contributed by atoms with E-state index in [1.165, 1.54) is 7.11 Å². The van der Waals surface area contributed by atoms with Gasteiger partial charge >= 0.3 is 12.2 Å². The van der Waals surface area contributed by atoms with Crippen molar-refractivity contribution in [2.45, 2.75) is 91.2 Å². The molecule has 2 aromatic heterocycles. The van der Waals surface area contributed by atoms with Crippen molar-refractivity contribution in [2.24, 2.45) is 23.7 Å². The second-order valence-corrected chi connectivity index (χ2v) is 20.2. The van der Waals surface area contributed by atoms with Gasteiger partial charge in [0.25, 0.3) is 5.91 Å². The molecule has 15 heteroatoms. The maximum atomic E-state index is 14.6. The Kier molecular flexibility index (Phi) is 12.8. The Balaban J connectivity index is 0.981. The predicted octanol–water partition coefficient (Wildman–Crippen LogP) is 9.58. The lowest BCUT2D eigenvalue weighted by molar-refractivity contribution is -0.136. The van der Waals surface area contributed by atoms with Crippen LogP contribution in [0.25, 0.3) is 54.7 Å². The van der Waals surface area contributed by atoms with Crippen LogP contribution >= 0.6 is 0 Å². The Labute approximate surface area is 401 Å². The number of hydrogen-bond donors (Lipinski definition) is 4. The van der Waals surface area contributed by atoms with E-state index in [2.05, 4.69) is 83.0 Å².